The highest BCUT2D eigenvalue weighted by atomic mass is 32.1. The molecule has 0 saturated carbocycles. The lowest BCUT2D eigenvalue weighted by molar-refractivity contribution is 0.516. The van der Waals surface area contributed by atoms with Gasteiger partial charge in [-0.2, -0.15) is 0 Å². The van der Waals surface area contributed by atoms with Gasteiger partial charge >= 0.3 is 0 Å². The molecule has 0 aliphatic heterocycles. The van der Waals surface area contributed by atoms with Crippen LogP contribution in [-0.2, 0) is 10.8 Å². The summed E-state index contributed by atoms with van der Waals surface area (Å²) in [6, 6.07) is 0. The van der Waals surface area contributed by atoms with E-state index in [1.165, 1.54) is 9.75 Å². The Hall–Kier alpha value is -0.740. The molecule has 4 heteroatoms. The second-order valence-electron chi connectivity index (χ2n) is 6.53. The zero-order valence-electron chi connectivity index (χ0n) is 13.3. The van der Waals surface area contributed by atoms with Crippen LogP contribution in [0.4, 0.5) is 0 Å². The largest absolute Gasteiger partial charge is 0.242 e. The van der Waals surface area contributed by atoms with E-state index in [0.29, 0.717) is 0 Å². The predicted molar refractivity (Wildman–Crippen MR) is 89.9 cm³/mol. The Morgan fingerprint density at radius 3 is 1.45 bits per heavy atom. The average molecular weight is 309 g/mol. The summed E-state index contributed by atoms with van der Waals surface area (Å²) < 4.78 is 0. The van der Waals surface area contributed by atoms with Crippen molar-refractivity contribution in [2.75, 3.05) is 0 Å². The first-order valence-corrected chi connectivity index (χ1v) is 8.86. The van der Waals surface area contributed by atoms with Crippen LogP contribution in [0.2, 0.25) is 0 Å². The quantitative estimate of drug-likeness (QED) is 0.714. The van der Waals surface area contributed by atoms with Gasteiger partial charge in [-0.15, -0.1) is 22.7 Å². The van der Waals surface area contributed by atoms with Crippen LogP contribution in [0.25, 0.3) is 10.0 Å². The number of hydrogen-bond donors (Lipinski definition) is 0. The smallest absolute Gasteiger partial charge is 0.152 e. The van der Waals surface area contributed by atoms with Crippen LogP contribution in [-0.4, -0.2) is 9.97 Å². The van der Waals surface area contributed by atoms with E-state index < -0.39 is 0 Å². The van der Waals surface area contributed by atoms with E-state index in [1.54, 1.807) is 22.7 Å². The standard InChI is InChI=1S/C16H24N2S2/c1-7-15(3,4)11-9-17-13(19-11)14-18-10-12(20-14)16(5,6)8-2/h9-10H,7-8H2,1-6H3. The molecule has 0 atom stereocenters. The third-order valence-electron chi connectivity index (χ3n) is 4.30. The van der Waals surface area contributed by atoms with Crippen LogP contribution in [0.5, 0.6) is 0 Å². The van der Waals surface area contributed by atoms with Crippen LogP contribution >= 0.6 is 22.7 Å². The maximum atomic E-state index is 4.59. The average Bonchev–Trinajstić information content (AvgIpc) is 3.07. The Morgan fingerprint density at radius 2 is 1.15 bits per heavy atom. The van der Waals surface area contributed by atoms with Gasteiger partial charge in [-0.05, 0) is 12.8 Å². The summed E-state index contributed by atoms with van der Waals surface area (Å²) in [6.07, 6.45) is 6.30. The molecule has 2 aromatic rings. The van der Waals surface area contributed by atoms with Gasteiger partial charge in [0.2, 0.25) is 0 Å². The summed E-state index contributed by atoms with van der Waals surface area (Å²) in [5.41, 5.74) is 0.414. The SMILES string of the molecule is CCC(C)(C)c1cnc(-c2ncc(C(C)(C)CC)s2)s1. The second kappa shape index (κ2) is 5.57. The first-order chi connectivity index (χ1) is 9.30. The Bertz CT molecular complexity index is 527. The van der Waals surface area contributed by atoms with Crippen molar-refractivity contribution in [1.82, 2.24) is 9.97 Å². The monoisotopic (exact) mass is 308 g/mol. The Labute approximate surface area is 130 Å². The van der Waals surface area contributed by atoms with Gasteiger partial charge in [0.15, 0.2) is 10.0 Å². The topological polar surface area (TPSA) is 25.8 Å². The highest BCUT2D eigenvalue weighted by molar-refractivity contribution is 7.21. The lowest BCUT2D eigenvalue weighted by atomic mass is 9.89. The van der Waals surface area contributed by atoms with Crippen molar-refractivity contribution in [2.45, 2.75) is 65.2 Å². The van der Waals surface area contributed by atoms with E-state index >= 15 is 0 Å². The molecule has 2 heterocycles. The van der Waals surface area contributed by atoms with Crippen LogP contribution in [0.1, 0.15) is 64.1 Å². The number of nitrogens with zero attached hydrogens (tertiary/aromatic N) is 2. The molecule has 0 fully saturated rings. The third kappa shape index (κ3) is 2.96. The molecule has 0 amide bonds. The molecular weight excluding hydrogens is 284 g/mol. The molecule has 0 N–H and O–H groups in total. The van der Waals surface area contributed by atoms with Crippen LogP contribution in [0.3, 0.4) is 0 Å². The van der Waals surface area contributed by atoms with E-state index in [1.807, 2.05) is 12.4 Å². The maximum Gasteiger partial charge on any atom is 0.152 e. The van der Waals surface area contributed by atoms with Crippen LogP contribution in [0, 0.1) is 0 Å². The van der Waals surface area contributed by atoms with Crippen molar-refractivity contribution in [2.24, 2.45) is 0 Å². The van der Waals surface area contributed by atoms with Crippen molar-refractivity contribution in [1.29, 1.82) is 0 Å². The van der Waals surface area contributed by atoms with E-state index in [9.17, 15) is 0 Å². The van der Waals surface area contributed by atoms with Gasteiger partial charge in [0.25, 0.3) is 0 Å². The third-order valence-corrected chi connectivity index (χ3v) is 7.17. The second-order valence-corrected chi connectivity index (χ2v) is 8.60. The van der Waals surface area contributed by atoms with E-state index in [4.69, 9.17) is 0 Å². The fourth-order valence-corrected chi connectivity index (χ4v) is 3.93. The van der Waals surface area contributed by atoms with Gasteiger partial charge in [0, 0.05) is 33.0 Å². The molecule has 110 valence electrons. The number of aromatic nitrogens is 2. The van der Waals surface area contributed by atoms with Gasteiger partial charge in [0.05, 0.1) is 0 Å². The molecular formula is C16H24N2S2. The highest BCUT2D eigenvalue weighted by Gasteiger charge is 2.24. The molecule has 0 spiro atoms. The first kappa shape index (κ1) is 15.6. The van der Waals surface area contributed by atoms with Crippen molar-refractivity contribution < 1.29 is 0 Å². The lowest BCUT2D eigenvalue weighted by Crippen LogP contribution is -2.12. The molecule has 0 saturated heterocycles. The highest BCUT2D eigenvalue weighted by Crippen LogP contribution is 2.39. The number of thiazole rings is 2. The van der Waals surface area contributed by atoms with Crippen molar-refractivity contribution >= 4 is 22.7 Å². The lowest BCUT2D eigenvalue weighted by Gasteiger charge is -2.19. The molecule has 0 aromatic carbocycles. The Kier molecular flexibility index (Phi) is 4.35. The minimum absolute atomic E-state index is 0.207. The van der Waals surface area contributed by atoms with Crippen molar-refractivity contribution in [3.63, 3.8) is 0 Å². The predicted octanol–water partition coefficient (Wildman–Crippen LogP) is 5.64. The van der Waals surface area contributed by atoms with Crippen molar-refractivity contribution in [3.8, 4) is 10.0 Å². The van der Waals surface area contributed by atoms with E-state index in [-0.39, 0.29) is 10.8 Å². The summed E-state index contributed by atoms with van der Waals surface area (Å²) in [4.78, 5) is 11.9. The molecule has 0 radical (unpaired) electrons. The molecule has 0 unspecified atom stereocenters. The summed E-state index contributed by atoms with van der Waals surface area (Å²) >= 11 is 3.57. The van der Waals surface area contributed by atoms with Gasteiger partial charge in [-0.1, -0.05) is 41.5 Å². The molecule has 2 rings (SSSR count). The molecule has 0 bridgehead atoms. The Balaban J connectivity index is 2.30. The van der Waals surface area contributed by atoms with Gasteiger partial charge in [0.1, 0.15) is 0 Å². The minimum atomic E-state index is 0.207. The molecule has 0 aliphatic rings. The van der Waals surface area contributed by atoms with E-state index in [2.05, 4.69) is 51.5 Å². The molecule has 2 aromatic heterocycles. The number of rotatable bonds is 5. The molecule has 2 nitrogen and oxygen atoms in total. The fraction of sp³-hybridized carbons (Fsp3) is 0.625. The van der Waals surface area contributed by atoms with Crippen LogP contribution in [0.15, 0.2) is 12.4 Å². The summed E-state index contributed by atoms with van der Waals surface area (Å²) in [7, 11) is 0. The van der Waals surface area contributed by atoms with Crippen molar-refractivity contribution in [3.05, 3.63) is 22.1 Å². The van der Waals surface area contributed by atoms with Crippen LogP contribution < -0.4 is 0 Å². The zero-order chi connectivity index (χ0) is 15.0. The first-order valence-electron chi connectivity index (χ1n) is 7.23. The number of hydrogen-bond acceptors (Lipinski definition) is 4. The molecule has 20 heavy (non-hydrogen) atoms. The normalized spacial score (nSPS) is 12.9. The summed E-state index contributed by atoms with van der Waals surface area (Å²) in [5.74, 6) is 0. The molecule has 0 aliphatic carbocycles. The van der Waals surface area contributed by atoms with E-state index in [0.717, 1.165) is 22.9 Å². The Morgan fingerprint density at radius 1 is 0.800 bits per heavy atom. The van der Waals surface area contributed by atoms with Gasteiger partial charge in [-0.3, -0.25) is 0 Å². The fourth-order valence-electron chi connectivity index (χ4n) is 1.72. The maximum absolute atomic E-state index is 4.59. The van der Waals surface area contributed by atoms with Gasteiger partial charge in [-0.25, -0.2) is 9.97 Å². The van der Waals surface area contributed by atoms with Gasteiger partial charge < -0.3 is 0 Å². The zero-order valence-corrected chi connectivity index (χ0v) is 14.9. The minimum Gasteiger partial charge on any atom is -0.242 e. The summed E-state index contributed by atoms with van der Waals surface area (Å²) in [6.45, 7) is 13.6. The summed E-state index contributed by atoms with van der Waals surface area (Å²) in [5, 5.41) is 2.12.